The summed E-state index contributed by atoms with van der Waals surface area (Å²) >= 11 is 0. The Labute approximate surface area is 112 Å². The molecule has 0 saturated heterocycles. The van der Waals surface area contributed by atoms with Crippen molar-refractivity contribution in [1.82, 2.24) is 5.32 Å². The number of anilines is 1. The average molecular weight is 284 g/mol. The second kappa shape index (κ2) is 5.18. The molecule has 104 valence electrons. The van der Waals surface area contributed by atoms with Crippen LogP contribution in [0.3, 0.4) is 0 Å². The van der Waals surface area contributed by atoms with Gasteiger partial charge in [-0.05, 0) is 24.6 Å². The molecule has 2 N–H and O–H groups in total. The van der Waals surface area contributed by atoms with E-state index < -0.39 is 16.1 Å². The van der Waals surface area contributed by atoms with Crippen molar-refractivity contribution in [3.8, 4) is 0 Å². The number of methoxy groups -OCH3 is 1. The van der Waals surface area contributed by atoms with Gasteiger partial charge in [-0.3, -0.25) is 9.52 Å². The van der Waals surface area contributed by atoms with E-state index in [9.17, 15) is 13.2 Å². The number of hydrogen-bond acceptors (Lipinski definition) is 4. The molecule has 7 heteroatoms. The predicted molar refractivity (Wildman–Crippen MR) is 71.5 cm³/mol. The molecular formula is C12H16N2O4S. The molecule has 2 rings (SSSR count). The van der Waals surface area contributed by atoms with Gasteiger partial charge in [-0.2, -0.15) is 0 Å². The Kier molecular flexibility index (Phi) is 3.77. The van der Waals surface area contributed by atoms with Gasteiger partial charge in [0.1, 0.15) is 0 Å². The van der Waals surface area contributed by atoms with Crippen LogP contribution in [0.2, 0.25) is 0 Å². The van der Waals surface area contributed by atoms with E-state index in [1.54, 1.807) is 25.1 Å². The van der Waals surface area contributed by atoms with Gasteiger partial charge in [-0.15, -0.1) is 0 Å². The number of ether oxygens (including phenoxy) is 1. The lowest BCUT2D eigenvalue weighted by atomic mass is 10.1. The number of fused-ring (bicyclic) bond motifs is 1. The molecule has 0 saturated carbocycles. The van der Waals surface area contributed by atoms with Gasteiger partial charge in [-0.25, -0.2) is 8.42 Å². The standard InChI is InChI=1S/C12H16N2O4S/c1-8(18-2)7-19(16,17)14-10-4-3-9-6-13-12(15)11(9)5-10/h3-5,8,14H,6-7H2,1-2H3,(H,13,15). The fourth-order valence-electron chi connectivity index (χ4n) is 1.87. The molecular weight excluding hydrogens is 268 g/mol. The Balaban J connectivity index is 2.16. The maximum Gasteiger partial charge on any atom is 0.251 e. The van der Waals surface area contributed by atoms with Crippen LogP contribution in [0.5, 0.6) is 0 Å². The summed E-state index contributed by atoms with van der Waals surface area (Å²) in [6.07, 6.45) is -0.393. The topological polar surface area (TPSA) is 84.5 Å². The SMILES string of the molecule is COC(C)CS(=O)(=O)Nc1ccc2c(c1)C(=O)NC2. The van der Waals surface area contributed by atoms with E-state index in [1.165, 1.54) is 7.11 Å². The van der Waals surface area contributed by atoms with Crippen molar-refractivity contribution < 1.29 is 17.9 Å². The maximum absolute atomic E-state index is 11.9. The molecule has 0 aliphatic carbocycles. The van der Waals surface area contributed by atoms with E-state index in [1.807, 2.05) is 0 Å². The predicted octanol–water partition coefficient (Wildman–Crippen LogP) is 0.707. The molecule has 0 spiro atoms. The number of nitrogens with one attached hydrogen (secondary N) is 2. The second-order valence-electron chi connectivity index (χ2n) is 4.48. The molecule has 1 aliphatic rings. The summed E-state index contributed by atoms with van der Waals surface area (Å²) in [5.41, 5.74) is 1.78. The molecule has 1 unspecified atom stereocenters. The summed E-state index contributed by atoms with van der Waals surface area (Å²) in [5, 5.41) is 2.68. The van der Waals surface area contributed by atoms with Crippen molar-refractivity contribution >= 4 is 21.6 Å². The van der Waals surface area contributed by atoms with Crippen LogP contribution in [-0.2, 0) is 21.3 Å². The highest BCUT2D eigenvalue weighted by Crippen LogP contribution is 2.21. The minimum atomic E-state index is -3.49. The van der Waals surface area contributed by atoms with Crippen molar-refractivity contribution in [3.63, 3.8) is 0 Å². The van der Waals surface area contributed by atoms with Gasteiger partial charge in [0, 0.05) is 24.9 Å². The first kappa shape index (κ1) is 13.8. The third-order valence-electron chi connectivity index (χ3n) is 2.92. The summed E-state index contributed by atoms with van der Waals surface area (Å²) in [5.74, 6) is -0.312. The highest BCUT2D eigenvalue weighted by molar-refractivity contribution is 7.92. The largest absolute Gasteiger partial charge is 0.381 e. The molecule has 0 bridgehead atoms. The maximum atomic E-state index is 11.9. The monoisotopic (exact) mass is 284 g/mol. The Morgan fingerprint density at radius 1 is 1.47 bits per heavy atom. The molecule has 1 aliphatic heterocycles. The van der Waals surface area contributed by atoms with Crippen LogP contribution < -0.4 is 10.0 Å². The van der Waals surface area contributed by atoms with Crippen molar-refractivity contribution in [2.24, 2.45) is 0 Å². The number of carbonyl (C=O) groups is 1. The summed E-state index contributed by atoms with van der Waals surface area (Å²) in [6.45, 7) is 2.16. The molecule has 6 nitrogen and oxygen atoms in total. The number of carbonyl (C=O) groups excluding carboxylic acids is 1. The molecule has 19 heavy (non-hydrogen) atoms. The Hall–Kier alpha value is -1.60. The highest BCUT2D eigenvalue weighted by Gasteiger charge is 2.20. The highest BCUT2D eigenvalue weighted by atomic mass is 32.2. The van der Waals surface area contributed by atoms with E-state index in [4.69, 9.17) is 4.74 Å². The van der Waals surface area contributed by atoms with Gasteiger partial charge in [0.2, 0.25) is 10.0 Å². The first-order valence-electron chi connectivity index (χ1n) is 5.85. The normalized spacial score (nSPS) is 15.8. The lowest BCUT2D eigenvalue weighted by molar-refractivity contribution is 0.0965. The quantitative estimate of drug-likeness (QED) is 0.834. The molecule has 0 radical (unpaired) electrons. The summed E-state index contributed by atoms with van der Waals surface area (Å²) in [4.78, 5) is 11.5. The van der Waals surface area contributed by atoms with Gasteiger partial charge in [0.05, 0.1) is 11.9 Å². The summed E-state index contributed by atoms with van der Waals surface area (Å²) in [7, 11) is -2.03. The lowest BCUT2D eigenvalue weighted by Crippen LogP contribution is -2.25. The third kappa shape index (κ3) is 3.24. The first-order chi connectivity index (χ1) is 8.91. The molecule has 1 heterocycles. The van der Waals surface area contributed by atoms with Crippen LogP contribution in [0.1, 0.15) is 22.8 Å². The number of sulfonamides is 1. The van der Waals surface area contributed by atoms with Crippen molar-refractivity contribution in [3.05, 3.63) is 29.3 Å². The zero-order valence-corrected chi connectivity index (χ0v) is 11.6. The summed E-state index contributed by atoms with van der Waals surface area (Å²) < 4.78 is 31.1. The van der Waals surface area contributed by atoms with Crippen LogP contribution in [0.4, 0.5) is 5.69 Å². The van der Waals surface area contributed by atoms with Gasteiger partial charge in [0.25, 0.3) is 5.91 Å². The Bertz CT molecular complexity index is 598. The van der Waals surface area contributed by atoms with Crippen molar-refractivity contribution in [2.75, 3.05) is 17.6 Å². The van der Waals surface area contributed by atoms with Crippen LogP contribution in [0, 0.1) is 0 Å². The lowest BCUT2D eigenvalue weighted by Gasteiger charge is -2.12. The van der Waals surface area contributed by atoms with Crippen LogP contribution in [0.15, 0.2) is 18.2 Å². The van der Waals surface area contributed by atoms with E-state index in [0.717, 1.165) is 5.56 Å². The van der Waals surface area contributed by atoms with Crippen molar-refractivity contribution in [1.29, 1.82) is 0 Å². The van der Waals surface area contributed by atoms with Crippen LogP contribution >= 0.6 is 0 Å². The van der Waals surface area contributed by atoms with Crippen molar-refractivity contribution in [2.45, 2.75) is 19.6 Å². The molecule has 0 fully saturated rings. The zero-order chi connectivity index (χ0) is 14.0. The fraction of sp³-hybridized carbons (Fsp3) is 0.417. The molecule has 0 aromatic heterocycles. The number of hydrogen-bond donors (Lipinski definition) is 2. The molecule has 1 aromatic rings. The fourth-order valence-corrected chi connectivity index (χ4v) is 3.20. The van der Waals surface area contributed by atoms with E-state index >= 15 is 0 Å². The molecule has 1 amide bonds. The average Bonchev–Trinajstić information content (AvgIpc) is 2.70. The summed E-state index contributed by atoms with van der Waals surface area (Å²) in [6, 6.07) is 4.94. The van der Waals surface area contributed by atoms with Crippen LogP contribution in [-0.4, -0.2) is 33.3 Å². The smallest absolute Gasteiger partial charge is 0.251 e. The first-order valence-corrected chi connectivity index (χ1v) is 7.51. The van der Waals surface area contributed by atoms with E-state index in [2.05, 4.69) is 10.0 Å². The van der Waals surface area contributed by atoms with Gasteiger partial charge >= 0.3 is 0 Å². The Morgan fingerprint density at radius 2 is 2.21 bits per heavy atom. The number of benzene rings is 1. The molecule has 1 atom stereocenters. The van der Waals surface area contributed by atoms with E-state index in [-0.39, 0.29) is 11.7 Å². The van der Waals surface area contributed by atoms with E-state index in [0.29, 0.717) is 17.8 Å². The number of amides is 1. The third-order valence-corrected chi connectivity index (χ3v) is 4.38. The number of rotatable bonds is 5. The minimum absolute atomic E-state index is 0.132. The van der Waals surface area contributed by atoms with Gasteiger partial charge in [-0.1, -0.05) is 6.07 Å². The Morgan fingerprint density at radius 3 is 2.89 bits per heavy atom. The van der Waals surface area contributed by atoms with Gasteiger partial charge in [0.15, 0.2) is 0 Å². The second-order valence-corrected chi connectivity index (χ2v) is 6.25. The zero-order valence-electron chi connectivity index (χ0n) is 10.8. The molecule has 1 aromatic carbocycles. The van der Waals surface area contributed by atoms with Gasteiger partial charge < -0.3 is 10.1 Å². The van der Waals surface area contributed by atoms with Crippen LogP contribution in [0.25, 0.3) is 0 Å². The minimum Gasteiger partial charge on any atom is -0.381 e.